The van der Waals surface area contributed by atoms with Gasteiger partial charge in [0.2, 0.25) is 0 Å². The molecule has 1 rings (SSSR count). The van der Waals surface area contributed by atoms with Crippen molar-refractivity contribution in [2.45, 2.75) is 58.3 Å². The molecule has 24 heavy (non-hydrogen) atoms. The van der Waals surface area contributed by atoms with E-state index in [9.17, 15) is 9.59 Å². The first kappa shape index (κ1) is 20.0. The minimum Gasteiger partial charge on any atom is -0.497 e. The van der Waals surface area contributed by atoms with Crippen molar-refractivity contribution in [1.82, 2.24) is 0 Å². The highest BCUT2D eigenvalue weighted by Crippen LogP contribution is 2.17. The molecule has 5 nitrogen and oxygen atoms in total. The third-order valence-corrected chi connectivity index (χ3v) is 3.59. The van der Waals surface area contributed by atoms with Crippen LogP contribution in [0.3, 0.4) is 0 Å². The van der Waals surface area contributed by atoms with Crippen molar-refractivity contribution in [2.24, 2.45) is 0 Å². The molecule has 1 aromatic rings. The van der Waals surface area contributed by atoms with Crippen molar-refractivity contribution >= 4 is 11.9 Å². The summed E-state index contributed by atoms with van der Waals surface area (Å²) in [7, 11) is 1.57. The predicted molar refractivity (Wildman–Crippen MR) is 92.2 cm³/mol. The molecule has 0 aromatic heterocycles. The van der Waals surface area contributed by atoms with Crippen LogP contribution in [0.2, 0.25) is 0 Å². The Kier molecular flexibility index (Phi) is 10.3. The molecule has 0 aliphatic heterocycles. The first-order valence-corrected chi connectivity index (χ1v) is 8.66. The monoisotopic (exact) mass is 336 g/mol. The van der Waals surface area contributed by atoms with E-state index in [0.29, 0.717) is 18.1 Å². The molecular formula is C19H28O5. The van der Waals surface area contributed by atoms with Crippen LogP contribution in [-0.4, -0.2) is 25.7 Å². The lowest BCUT2D eigenvalue weighted by Gasteiger charge is -2.06. The highest BCUT2D eigenvalue weighted by molar-refractivity contribution is 5.79. The van der Waals surface area contributed by atoms with Crippen LogP contribution in [0.4, 0.5) is 0 Å². The van der Waals surface area contributed by atoms with Crippen LogP contribution in [0.1, 0.15) is 58.3 Å². The number of benzene rings is 1. The summed E-state index contributed by atoms with van der Waals surface area (Å²) in [4.78, 5) is 23.3. The molecule has 0 heterocycles. The molecule has 0 aliphatic rings. The number of methoxy groups -OCH3 is 1. The van der Waals surface area contributed by atoms with Crippen molar-refractivity contribution in [3.63, 3.8) is 0 Å². The lowest BCUT2D eigenvalue weighted by molar-refractivity contribution is -0.147. The zero-order valence-corrected chi connectivity index (χ0v) is 14.7. The summed E-state index contributed by atoms with van der Waals surface area (Å²) in [5, 5.41) is 0. The smallest absolute Gasteiger partial charge is 0.311 e. The van der Waals surface area contributed by atoms with Gasteiger partial charge in [-0.15, -0.1) is 0 Å². The maximum Gasteiger partial charge on any atom is 0.311 e. The number of esters is 2. The lowest BCUT2D eigenvalue weighted by atomic mass is 10.1. The van der Waals surface area contributed by atoms with Crippen LogP contribution < -0.4 is 9.47 Å². The van der Waals surface area contributed by atoms with E-state index >= 15 is 0 Å². The molecule has 0 spiro atoms. The largest absolute Gasteiger partial charge is 0.497 e. The summed E-state index contributed by atoms with van der Waals surface area (Å²) in [6, 6.07) is 6.70. The van der Waals surface area contributed by atoms with Gasteiger partial charge in [-0.05, 0) is 30.7 Å². The Morgan fingerprint density at radius 1 is 0.833 bits per heavy atom. The molecule has 0 radical (unpaired) electrons. The number of ether oxygens (including phenoxy) is 3. The number of hydrogen-bond donors (Lipinski definition) is 0. The van der Waals surface area contributed by atoms with Crippen LogP contribution >= 0.6 is 0 Å². The number of carbonyl (C=O) groups is 2. The van der Waals surface area contributed by atoms with Crippen molar-refractivity contribution in [1.29, 1.82) is 0 Å². The fourth-order valence-corrected chi connectivity index (χ4v) is 2.17. The van der Waals surface area contributed by atoms with Gasteiger partial charge in [0.05, 0.1) is 26.6 Å². The molecule has 0 atom stereocenters. The van der Waals surface area contributed by atoms with Crippen LogP contribution in [0.25, 0.3) is 0 Å². The Bertz CT molecular complexity index is 481. The van der Waals surface area contributed by atoms with E-state index < -0.39 is 5.97 Å². The van der Waals surface area contributed by atoms with Gasteiger partial charge < -0.3 is 14.2 Å². The van der Waals surface area contributed by atoms with E-state index in [2.05, 4.69) is 6.92 Å². The molecule has 0 amide bonds. The molecule has 0 fully saturated rings. The van der Waals surface area contributed by atoms with E-state index in [1.807, 2.05) is 0 Å². The van der Waals surface area contributed by atoms with Crippen molar-refractivity contribution in [2.75, 3.05) is 13.7 Å². The summed E-state index contributed by atoms with van der Waals surface area (Å²) in [6.45, 7) is 2.61. The maximum absolute atomic E-state index is 11.7. The summed E-state index contributed by atoms with van der Waals surface area (Å²) < 4.78 is 15.3. The third kappa shape index (κ3) is 9.18. The number of rotatable bonds is 12. The molecule has 0 saturated carbocycles. The second-order valence-corrected chi connectivity index (χ2v) is 5.64. The zero-order valence-electron chi connectivity index (χ0n) is 14.7. The Morgan fingerprint density at radius 3 is 2.08 bits per heavy atom. The maximum atomic E-state index is 11.7. The highest BCUT2D eigenvalue weighted by Gasteiger charge is 2.10. The fraction of sp³-hybridized carbons (Fsp3) is 0.579. The lowest BCUT2D eigenvalue weighted by Crippen LogP contribution is -2.12. The average Bonchev–Trinajstić information content (AvgIpc) is 2.60. The van der Waals surface area contributed by atoms with Crippen molar-refractivity contribution in [3.05, 3.63) is 24.3 Å². The van der Waals surface area contributed by atoms with Crippen LogP contribution in [0.5, 0.6) is 11.5 Å². The van der Waals surface area contributed by atoms with E-state index in [1.54, 1.807) is 31.4 Å². The topological polar surface area (TPSA) is 61.8 Å². The van der Waals surface area contributed by atoms with Gasteiger partial charge in [-0.25, -0.2) is 0 Å². The van der Waals surface area contributed by atoms with Crippen molar-refractivity contribution < 1.29 is 23.8 Å². The van der Waals surface area contributed by atoms with Crippen molar-refractivity contribution in [3.8, 4) is 11.5 Å². The van der Waals surface area contributed by atoms with Gasteiger partial charge in [-0.1, -0.05) is 39.0 Å². The van der Waals surface area contributed by atoms with Crippen LogP contribution in [0, 0.1) is 0 Å². The Labute approximate surface area is 144 Å². The predicted octanol–water partition coefficient (Wildman–Crippen LogP) is 4.28. The Morgan fingerprint density at radius 2 is 1.42 bits per heavy atom. The summed E-state index contributed by atoms with van der Waals surface area (Å²) >= 11 is 0. The van der Waals surface area contributed by atoms with E-state index in [1.165, 1.54) is 25.7 Å². The normalized spacial score (nSPS) is 10.2. The van der Waals surface area contributed by atoms with Gasteiger partial charge >= 0.3 is 11.9 Å². The Hall–Kier alpha value is -2.04. The van der Waals surface area contributed by atoms with Crippen LogP contribution in [-0.2, 0) is 14.3 Å². The molecule has 0 aliphatic carbocycles. The molecule has 0 bridgehead atoms. The summed E-state index contributed by atoms with van der Waals surface area (Å²) in [5.41, 5.74) is 0. The van der Waals surface area contributed by atoms with Gasteiger partial charge in [0.1, 0.15) is 11.5 Å². The van der Waals surface area contributed by atoms with Gasteiger partial charge in [0, 0.05) is 0 Å². The van der Waals surface area contributed by atoms with E-state index in [4.69, 9.17) is 14.2 Å². The molecule has 0 saturated heterocycles. The van der Waals surface area contributed by atoms with E-state index in [0.717, 1.165) is 12.8 Å². The molecule has 5 heteroatoms. The molecule has 134 valence electrons. The molecule has 1 aromatic carbocycles. The summed E-state index contributed by atoms with van der Waals surface area (Å²) in [5.74, 6) is 0.321. The second kappa shape index (κ2) is 12.4. The standard InChI is InChI=1S/C19H28O5/c1-3-4-5-6-7-8-15-23-18(20)13-14-19(21)24-17-11-9-16(22-2)10-12-17/h9-12H,3-8,13-15H2,1-2H3. The molecule has 0 unspecified atom stereocenters. The minimum absolute atomic E-state index is 0.0152. The van der Waals surface area contributed by atoms with Gasteiger partial charge in [0.25, 0.3) is 0 Å². The second-order valence-electron chi connectivity index (χ2n) is 5.64. The number of unbranched alkanes of at least 4 members (excludes halogenated alkanes) is 5. The molecule has 0 N–H and O–H groups in total. The van der Waals surface area contributed by atoms with E-state index in [-0.39, 0.29) is 18.8 Å². The first-order chi connectivity index (χ1) is 11.7. The molecular weight excluding hydrogens is 308 g/mol. The first-order valence-electron chi connectivity index (χ1n) is 8.66. The van der Waals surface area contributed by atoms with Gasteiger partial charge in [-0.2, -0.15) is 0 Å². The minimum atomic E-state index is -0.448. The average molecular weight is 336 g/mol. The van der Waals surface area contributed by atoms with Crippen LogP contribution in [0.15, 0.2) is 24.3 Å². The Balaban J connectivity index is 2.09. The fourth-order valence-electron chi connectivity index (χ4n) is 2.17. The highest BCUT2D eigenvalue weighted by atomic mass is 16.5. The number of hydrogen-bond acceptors (Lipinski definition) is 5. The third-order valence-electron chi connectivity index (χ3n) is 3.59. The summed E-state index contributed by atoms with van der Waals surface area (Å²) in [6.07, 6.45) is 6.92. The quantitative estimate of drug-likeness (QED) is 0.324. The zero-order chi connectivity index (χ0) is 17.6. The number of carbonyl (C=O) groups excluding carboxylic acids is 2. The SMILES string of the molecule is CCCCCCCCOC(=O)CCC(=O)Oc1ccc(OC)cc1. The van der Waals surface area contributed by atoms with Gasteiger partial charge in [-0.3, -0.25) is 9.59 Å². The van der Waals surface area contributed by atoms with Gasteiger partial charge in [0.15, 0.2) is 0 Å².